The van der Waals surface area contributed by atoms with E-state index in [4.69, 9.17) is 0 Å². The van der Waals surface area contributed by atoms with Crippen LogP contribution in [0.25, 0.3) is 0 Å². The van der Waals surface area contributed by atoms with Gasteiger partial charge in [-0.05, 0) is 13.5 Å². The molecule has 3 heteroatoms. The van der Waals surface area contributed by atoms with Gasteiger partial charge in [0, 0.05) is 17.5 Å². The van der Waals surface area contributed by atoms with Crippen LogP contribution in [-0.2, 0) is 0 Å². The lowest BCUT2D eigenvalue weighted by Gasteiger charge is -2.07. The Hall–Kier alpha value is 0.660. The van der Waals surface area contributed by atoms with Crippen molar-refractivity contribution in [3.05, 3.63) is 0 Å². The standard InChI is InChI=1S/C7H17NS2/c1-4-5-9-10-7(2)6-8-3/h7-8H,4-6H2,1-3H3. The summed E-state index contributed by atoms with van der Waals surface area (Å²) in [7, 11) is 5.96. The normalized spacial score (nSPS) is 13.5. The number of rotatable bonds is 6. The molecule has 1 atom stereocenters. The number of nitrogens with one attached hydrogen (secondary N) is 1. The second-order valence-corrected chi connectivity index (χ2v) is 5.21. The molecule has 0 aliphatic heterocycles. The van der Waals surface area contributed by atoms with Crippen molar-refractivity contribution >= 4 is 21.6 Å². The van der Waals surface area contributed by atoms with Crippen LogP contribution in [0.1, 0.15) is 20.3 Å². The summed E-state index contributed by atoms with van der Waals surface area (Å²) < 4.78 is 0. The van der Waals surface area contributed by atoms with Crippen LogP contribution >= 0.6 is 21.6 Å². The van der Waals surface area contributed by atoms with Gasteiger partial charge < -0.3 is 5.32 Å². The summed E-state index contributed by atoms with van der Waals surface area (Å²) >= 11 is 0. The average Bonchev–Trinajstić information content (AvgIpc) is 1.89. The smallest absolute Gasteiger partial charge is 0.0247 e. The Morgan fingerprint density at radius 1 is 1.50 bits per heavy atom. The topological polar surface area (TPSA) is 12.0 Å². The molecule has 0 saturated carbocycles. The Bertz CT molecular complexity index is 68.6. The van der Waals surface area contributed by atoms with E-state index in [-0.39, 0.29) is 0 Å². The molecule has 0 spiro atoms. The maximum absolute atomic E-state index is 3.16. The van der Waals surface area contributed by atoms with Crippen LogP contribution in [0.2, 0.25) is 0 Å². The van der Waals surface area contributed by atoms with Crippen molar-refractivity contribution in [2.75, 3.05) is 19.3 Å². The van der Waals surface area contributed by atoms with Gasteiger partial charge in [-0.25, -0.2) is 0 Å². The molecule has 1 nitrogen and oxygen atoms in total. The fourth-order valence-electron chi connectivity index (χ4n) is 0.569. The second kappa shape index (κ2) is 7.76. The predicted molar refractivity (Wildman–Crippen MR) is 53.7 cm³/mol. The highest BCUT2D eigenvalue weighted by atomic mass is 33.1. The summed E-state index contributed by atoms with van der Waals surface area (Å²) in [5, 5.41) is 3.90. The third-order valence-electron chi connectivity index (χ3n) is 1.01. The maximum atomic E-state index is 3.16. The quantitative estimate of drug-likeness (QED) is 0.497. The molecule has 0 heterocycles. The minimum absolute atomic E-state index is 0.738. The molecule has 0 saturated heterocycles. The zero-order chi connectivity index (χ0) is 7.82. The number of hydrogen-bond donors (Lipinski definition) is 1. The second-order valence-electron chi connectivity index (χ2n) is 2.29. The van der Waals surface area contributed by atoms with E-state index in [9.17, 15) is 0 Å². The molecule has 0 aliphatic carbocycles. The van der Waals surface area contributed by atoms with Crippen molar-refractivity contribution in [3.63, 3.8) is 0 Å². The lowest BCUT2D eigenvalue weighted by Crippen LogP contribution is -2.17. The van der Waals surface area contributed by atoms with Crippen LogP contribution in [0.4, 0.5) is 0 Å². The van der Waals surface area contributed by atoms with Crippen molar-refractivity contribution in [1.29, 1.82) is 0 Å². The molecule has 0 aromatic rings. The van der Waals surface area contributed by atoms with E-state index in [1.54, 1.807) is 0 Å². The molecule has 0 aliphatic rings. The van der Waals surface area contributed by atoms with Crippen molar-refractivity contribution in [3.8, 4) is 0 Å². The van der Waals surface area contributed by atoms with Crippen molar-refractivity contribution in [2.24, 2.45) is 0 Å². The summed E-state index contributed by atoms with van der Waals surface area (Å²) in [5.41, 5.74) is 0. The summed E-state index contributed by atoms with van der Waals surface area (Å²) in [6.45, 7) is 5.58. The van der Waals surface area contributed by atoms with Gasteiger partial charge in [0.1, 0.15) is 0 Å². The van der Waals surface area contributed by atoms with Gasteiger partial charge in [-0.2, -0.15) is 0 Å². The van der Waals surface area contributed by atoms with Crippen molar-refractivity contribution < 1.29 is 0 Å². The first-order chi connectivity index (χ1) is 4.81. The minimum atomic E-state index is 0.738. The Morgan fingerprint density at radius 2 is 2.20 bits per heavy atom. The molecule has 0 aromatic carbocycles. The van der Waals surface area contributed by atoms with Gasteiger partial charge in [-0.15, -0.1) is 0 Å². The van der Waals surface area contributed by atoms with Gasteiger partial charge in [0.25, 0.3) is 0 Å². The first kappa shape index (κ1) is 10.7. The van der Waals surface area contributed by atoms with Crippen LogP contribution in [-0.4, -0.2) is 24.6 Å². The van der Waals surface area contributed by atoms with E-state index in [1.807, 2.05) is 28.6 Å². The van der Waals surface area contributed by atoms with Crippen LogP contribution in [0.5, 0.6) is 0 Å². The predicted octanol–water partition coefficient (Wildman–Crippen LogP) is 2.39. The first-order valence-corrected chi connectivity index (χ1v) is 6.12. The van der Waals surface area contributed by atoms with Crippen LogP contribution in [0.15, 0.2) is 0 Å². The highest BCUT2D eigenvalue weighted by Crippen LogP contribution is 2.26. The van der Waals surface area contributed by atoms with Crippen LogP contribution < -0.4 is 5.32 Å². The van der Waals surface area contributed by atoms with Crippen LogP contribution in [0.3, 0.4) is 0 Å². The van der Waals surface area contributed by atoms with Crippen molar-refractivity contribution in [2.45, 2.75) is 25.5 Å². The monoisotopic (exact) mass is 179 g/mol. The van der Waals surface area contributed by atoms with Gasteiger partial charge in [0.2, 0.25) is 0 Å². The van der Waals surface area contributed by atoms with E-state index < -0.39 is 0 Å². The summed E-state index contributed by atoms with van der Waals surface area (Å²) in [4.78, 5) is 0. The molecule has 1 N–H and O–H groups in total. The minimum Gasteiger partial charge on any atom is -0.319 e. The zero-order valence-corrected chi connectivity index (χ0v) is 8.65. The fourth-order valence-corrected chi connectivity index (χ4v) is 2.99. The first-order valence-electron chi connectivity index (χ1n) is 3.74. The Kier molecular flexibility index (Phi) is 8.28. The van der Waals surface area contributed by atoms with Crippen LogP contribution in [0, 0.1) is 0 Å². The molecule has 0 amide bonds. The maximum Gasteiger partial charge on any atom is 0.0247 e. The molecule has 0 bridgehead atoms. The third-order valence-corrected chi connectivity index (χ3v) is 4.11. The SMILES string of the molecule is CCCSSC(C)CNC. The zero-order valence-electron chi connectivity index (χ0n) is 7.02. The summed E-state index contributed by atoms with van der Waals surface area (Å²) in [6.07, 6.45) is 1.28. The fraction of sp³-hybridized carbons (Fsp3) is 1.00. The summed E-state index contributed by atoms with van der Waals surface area (Å²) in [6, 6.07) is 0. The highest BCUT2D eigenvalue weighted by molar-refractivity contribution is 8.76. The van der Waals surface area contributed by atoms with E-state index in [1.165, 1.54) is 12.2 Å². The third kappa shape index (κ3) is 6.78. The molecule has 0 rings (SSSR count). The van der Waals surface area contributed by atoms with E-state index in [0.717, 1.165) is 11.8 Å². The molecule has 62 valence electrons. The molecule has 10 heavy (non-hydrogen) atoms. The number of hydrogen-bond acceptors (Lipinski definition) is 3. The molecular weight excluding hydrogens is 162 g/mol. The molecule has 1 unspecified atom stereocenters. The average molecular weight is 179 g/mol. The largest absolute Gasteiger partial charge is 0.319 e. The summed E-state index contributed by atoms with van der Waals surface area (Å²) in [5.74, 6) is 1.28. The molecule has 0 fully saturated rings. The highest BCUT2D eigenvalue weighted by Gasteiger charge is 1.99. The van der Waals surface area contributed by atoms with Gasteiger partial charge in [0.05, 0.1) is 0 Å². The van der Waals surface area contributed by atoms with Gasteiger partial charge in [-0.1, -0.05) is 35.4 Å². The molecule has 0 aromatic heterocycles. The lowest BCUT2D eigenvalue weighted by atomic mass is 10.5. The molecule has 0 radical (unpaired) electrons. The van der Waals surface area contributed by atoms with Crippen molar-refractivity contribution in [1.82, 2.24) is 5.32 Å². The van der Waals surface area contributed by atoms with E-state index >= 15 is 0 Å². The van der Waals surface area contributed by atoms with Gasteiger partial charge >= 0.3 is 0 Å². The van der Waals surface area contributed by atoms with Gasteiger partial charge in [0.15, 0.2) is 0 Å². The van der Waals surface area contributed by atoms with E-state index in [2.05, 4.69) is 19.2 Å². The molecular formula is C7H17NS2. The lowest BCUT2D eigenvalue weighted by molar-refractivity contribution is 0.788. The Labute approximate surface area is 72.1 Å². The Morgan fingerprint density at radius 3 is 2.70 bits per heavy atom. The van der Waals surface area contributed by atoms with Gasteiger partial charge in [-0.3, -0.25) is 0 Å². The van der Waals surface area contributed by atoms with E-state index in [0.29, 0.717) is 0 Å². The Balaban J connectivity index is 2.97.